The molecule has 3 heteroatoms. The number of para-hydroxylation sites is 4. The summed E-state index contributed by atoms with van der Waals surface area (Å²) in [6.07, 6.45) is 0. The smallest absolute Gasteiger partial charge is 0.0547 e. The Kier molecular flexibility index (Phi) is 10.8. The first-order valence-electron chi connectivity index (χ1n) is 25.7. The van der Waals surface area contributed by atoms with Gasteiger partial charge >= 0.3 is 0 Å². The lowest BCUT2D eigenvalue weighted by molar-refractivity contribution is 1.18. The zero-order valence-electron chi connectivity index (χ0n) is 41.1. The summed E-state index contributed by atoms with van der Waals surface area (Å²) in [6.45, 7) is 0. The normalized spacial score (nSPS) is 11.5. The maximum Gasteiger partial charge on any atom is 0.0547 e. The standard InChI is InChI=1S/C72H49N3/c1-5-18-50(19-6-1)52-32-38-62(39-33-52)73(60-23-9-3-10-24-60)64-27-17-22-54(47-64)57-44-58(55-36-42-67-65-28-13-15-30-69(65)74(71(67)48-55)61-25-11-4-12-26-61)46-59(45-57)56-37-43-68-66-29-14-16-31-70(66)75(72(68)49-56)63-40-34-53(35-41-63)51-20-7-2-8-21-51/h1-49H. The van der Waals surface area contributed by atoms with Crippen LogP contribution in [0.4, 0.5) is 17.1 Å². The molecule has 0 bridgehead atoms. The van der Waals surface area contributed by atoms with E-state index in [4.69, 9.17) is 0 Å². The van der Waals surface area contributed by atoms with Crippen molar-refractivity contribution in [2.24, 2.45) is 0 Å². The summed E-state index contributed by atoms with van der Waals surface area (Å²) in [6, 6.07) is 108. The highest BCUT2D eigenvalue weighted by Crippen LogP contribution is 2.42. The maximum atomic E-state index is 2.43. The second kappa shape index (κ2) is 18.6. The van der Waals surface area contributed by atoms with Crippen LogP contribution >= 0.6 is 0 Å². The van der Waals surface area contributed by atoms with E-state index in [1.54, 1.807) is 0 Å². The van der Waals surface area contributed by atoms with E-state index in [1.165, 1.54) is 65.9 Å². The lowest BCUT2D eigenvalue weighted by Gasteiger charge is -2.26. The molecule has 12 aromatic carbocycles. The predicted molar refractivity (Wildman–Crippen MR) is 317 cm³/mol. The van der Waals surface area contributed by atoms with Crippen molar-refractivity contribution in [3.63, 3.8) is 0 Å². The van der Waals surface area contributed by atoms with Gasteiger partial charge in [0.15, 0.2) is 0 Å². The van der Waals surface area contributed by atoms with Gasteiger partial charge in [-0.15, -0.1) is 0 Å². The van der Waals surface area contributed by atoms with Crippen molar-refractivity contribution in [3.05, 3.63) is 297 Å². The Labute approximate surface area is 436 Å². The Morgan fingerprint density at radius 3 is 1.05 bits per heavy atom. The van der Waals surface area contributed by atoms with Crippen LogP contribution in [0.2, 0.25) is 0 Å². The molecule has 2 aromatic heterocycles. The third-order valence-corrected chi connectivity index (χ3v) is 14.9. The van der Waals surface area contributed by atoms with Gasteiger partial charge in [0.25, 0.3) is 0 Å². The lowest BCUT2D eigenvalue weighted by atomic mass is 9.92. The molecule has 0 saturated carbocycles. The van der Waals surface area contributed by atoms with E-state index >= 15 is 0 Å². The van der Waals surface area contributed by atoms with Crippen molar-refractivity contribution < 1.29 is 0 Å². The van der Waals surface area contributed by atoms with Crippen LogP contribution in [0.5, 0.6) is 0 Å². The van der Waals surface area contributed by atoms with Gasteiger partial charge < -0.3 is 14.0 Å². The fourth-order valence-corrected chi connectivity index (χ4v) is 11.3. The molecule has 2 heterocycles. The zero-order chi connectivity index (χ0) is 49.7. The van der Waals surface area contributed by atoms with Crippen LogP contribution in [-0.4, -0.2) is 9.13 Å². The lowest BCUT2D eigenvalue weighted by Crippen LogP contribution is -2.09. The highest BCUT2D eigenvalue weighted by molar-refractivity contribution is 6.12. The molecule has 0 aliphatic carbocycles. The van der Waals surface area contributed by atoms with Crippen LogP contribution < -0.4 is 4.90 Å². The van der Waals surface area contributed by atoms with Crippen LogP contribution in [-0.2, 0) is 0 Å². The molecule has 0 atom stereocenters. The highest BCUT2D eigenvalue weighted by Gasteiger charge is 2.19. The van der Waals surface area contributed by atoms with E-state index in [0.29, 0.717) is 0 Å². The van der Waals surface area contributed by atoms with Crippen molar-refractivity contribution in [2.75, 3.05) is 4.90 Å². The topological polar surface area (TPSA) is 13.1 Å². The summed E-state index contributed by atoms with van der Waals surface area (Å²) in [7, 11) is 0. The van der Waals surface area contributed by atoms with Gasteiger partial charge in [0, 0.05) is 50.0 Å². The van der Waals surface area contributed by atoms with Gasteiger partial charge in [0.1, 0.15) is 0 Å². The van der Waals surface area contributed by atoms with Gasteiger partial charge in [-0.2, -0.15) is 0 Å². The molecule has 0 amide bonds. The van der Waals surface area contributed by atoms with Crippen LogP contribution in [0.1, 0.15) is 0 Å². The number of fused-ring (bicyclic) bond motifs is 6. The summed E-state index contributed by atoms with van der Waals surface area (Å²) in [5.74, 6) is 0. The van der Waals surface area contributed by atoms with Crippen LogP contribution in [0.3, 0.4) is 0 Å². The molecular formula is C72H49N3. The van der Waals surface area contributed by atoms with Crippen LogP contribution in [0.25, 0.3) is 111 Å². The molecule has 0 unspecified atom stereocenters. The van der Waals surface area contributed by atoms with Crippen molar-refractivity contribution in [1.29, 1.82) is 0 Å². The largest absolute Gasteiger partial charge is 0.310 e. The van der Waals surface area contributed by atoms with E-state index in [0.717, 1.165) is 61.8 Å². The van der Waals surface area contributed by atoms with Gasteiger partial charge in [-0.25, -0.2) is 0 Å². The number of hydrogen-bond acceptors (Lipinski definition) is 1. The minimum atomic E-state index is 1.08. The maximum absolute atomic E-state index is 2.43. The van der Waals surface area contributed by atoms with E-state index in [1.807, 2.05) is 0 Å². The third-order valence-electron chi connectivity index (χ3n) is 14.9. The first-order chi connectivity index (χ1) is 37.2. The summed E-state index contributed by atoms with van der Waals surface area (Å²) in [5.41, 5.74) is 21.9. The van der Waals surface area contributed by atoms with E-state index in [9.17, 15) is 0 Å². The number of aromatic nitrogens is 2. The number of rotatable bonds is 10. The summed E-state index contributed by atoms with van der Waals surface area (Å²) in [5, 5.41) is 4.93. The van der Waals surface area contributed by atoms with Gasteiger partial charge in [0.2, 0.25) is 0 Å². The Balaban J connectivity index is 0.950. The zero-order valence-corrected chi connectivity index (χ0v) is 41.1. The Hall–Kier alpha value is -9.96. The van der Waals surface area contributed by atoms with Crippen molar-refractivity contribution in [1.82, 2.24) is 9.13 Å². The quantitative estimate of drug-likeness (QED) is 0.133. The number of hydrogen-bond donors (Lipinski definition) is 0. The minimum absolute atomic E-state index is 1.08. The molecular weight excluding hydrogens is 907 g/mol. The fourth-order valence-electron chi connectivity index (χ4n) is 11.3. The molecule has 0 saturated heterocycles. The Morgan fingerprint density at radius 2 is 0.533 bits per heavy atom. The van der Waals surface area contributed by atoms with E-state index in [-0.39, 0.29) is 0 Å². The average Bonchev–Trinajstić information content (AvgIpc) is 4.05. The first kappa shape index (κ1) is 43.8. The molecule has 0 aliphatic rings. The second-order valence-electron chi connectivity index (χ2n) is 19.4. The average molecular weight is 956 g/mol. The summed E-state index contributed by atoms with van der Waals surface area (Å²) in [4.78, 5) is 2.36. The molecule has 14 aromatic rings. The molecule has 0 fully saturated rings. The number of nitrogens with zero attached hydrogens (tertiary/aromatic N) is 3. The Morgan fingerprint density at radius 1 is 0.187 bits per heavy atom. The molecule has 75 heavy (non-hydrogen) atoms. The van der Waals surface area contributed by atoms with Crippen molar-refractivity contribution >= 4 is 60.7 Å². The van der Waals surface area contributed by atoms with Crippen LogP contribution in [0, 0.1) is 0 Å². The Bertz CT molecular complexity index is 4360. The predicted octanol–water partition coefficient (Wildman–Crippen LogP) is 19.7. The monoisotopic (exact) mass is 955 g/mol. The van der Waals surface area contributed by atoms with Gasteiger partial charge in [-0.3, -0.25) is 0 Å². The fraction of sp³-hybridized carbons (Fsp3) is 0. The second-order valence-corrected chi connectivity index (χ2v) is 19.4. The van der Waals surface area contributed by atoms with Crippen molar-refractivity contribution in [2.45, 2.75) is 0 Å². The van der Waals surface area contributed by atoms with E-state index in [2.05, 4.69) is 311 Å². The first-order valence-corrected chi connectivity index (χ1v) is 25.7. The molecule has 0 spiro atoms. The molecule has 0 aliphatic heterocycles. The van der Waals surface area contributed by atoms with Gasteiger partial charge in [-0.1, -0.05) is 194 Å². The molecule has 352 valence electrons. The molecule has 0 radical (unpaired) electrons. The van der Waals surface area contributed by atoms with Gasteiger partial charge in [0.05, 0.1) is 22.1 Å². The van der Waals surface area contributed by atoms with Gasteiger partial charge in [-0.05, 0) is 159 Å². The molecule has 3 nitrogen and oxygen atoms in total. The molecule has 0 N–H and O–H groups in total. The van der Waals surface area contributed by atoms with E-state index < -0.39 is 0 Å². The highest BCUT2D eigenvalue weighted by atomic mass is 15.1. The summed E-state index contributed by atoms with van der Waals surface area (Å²) >= 11 is 0. The third kappa shape index (κ3) is 7.95. The van der Waals surface area contributed by atoms with Crippen LogP contribution in [0.15, 0.2) is 297 Å². The summed E-state index contributed by atoms with van der Waals surface area (Å²) < 4.78 is 4.84. The SMILES string of the molecule is c1ccc(-c2ccc(N(c3ccccc3)c3cccc(-c4cc(-c5ccc6c7ccccc7n(-c7ccccc7)c6c5)cc(-c5ccc6c7ccccc7n(-c7ccc(-c8ccccc8)cc7)c6c5)c4)c3)cc2)cc1. The molecule has 14 rings (SSSR count). The number of anilines is 3. The number of benzene rings is 12. The van der Waals surface area contributed by atoms with Crippen molar-refractivity contribution in [3.8, 4) is 67.0 Å². The minimum Gasteiger partial charge on any atom is -0.310 e.